The van der Waals surface area contributed by atoms with Gasteiger partial charge in [0.1, 0.15) is 23.3 Å². The fourth-order valence-corrected chi connectivity index (χ4v) is 1.93. The summed E-state index contributed by atoms with van der Waals surface area (Å²) in [6, 6.07) is 10.8. The van der Waals surface area contributed by atoms with E-state index in [1.807, 2.05) is 6.07 Å². The second-order valence-corrected chi connectivity index (χ2v) is 4.32. The Kier molecular flexibility index (Phi) is 4.29. The summed E-state index contributed by atoms with van der Waals surface area (Å²) in [4.78, 5) is 12.2. The van der Waals surface area contributed by atoms with Gasteiger partial charge in [0.15, 0.2) is 5.78 Å². The maximum atomic E-state index is 13.6. The summed E-state index contributed by atoms with van der Waals surface area (Å²) in [5.41, 5.74) is 0.116. The van der Waals surface area contributed by atoms with Crippen molar-refractivity contribution >= 4 is 5.78 Å². The lowest BCUT2D eigenvalue weighted by atomic mass is 9.91. The molecule has 0 fully saturated rings. The van der Waals surface area contributed by atoms with E-state index in [0.29, 0.717) is 17.4 Å². The molecule has 0 bridgehead atoms. The molecule has 2 rings (SSSR count). The van der Waals surface area contributed by atoms with E-state index in [-0.39, 0.29) is 5.56 Å². The second kappa shape index (κ2) is 6.14. The smallest absolute Gasteiger partial charge is 0.187 e. The third kappa shape index (κ3) is 3.06. The summed E-state index contributed by atoms with van der Waals surface area (Å²) in [7, 11) is 1.50. The molecule has 0 saturated carbocycles. The van der Waals surface area contributed by atoms with Crippen molar-refractivity contribution < 1.29 is 18.3 Å². The van der Waals surface area contributed by atoms with Crippen molar-refractivity contribution in [1.82, 2.24) is 0 Å². The van der Waals surface area contributed by atoms with E-state index >= 15 is 0 Å². The standard InChI is InChI=1S/C16H11F2NO2/c1-21-12-5-2-10(3-6-12)14(9-19)16(20)13-7-4-11(17)8-15(13)18/h2-8,14H,1H3. The van der Waals surface area contributed by atoms with Gasteiger partial charge in [0.05, 0.1) is 18.7 Å². The SMILES string of the molecule is COc1ccc(C(C#N)C(=O)c2ccc(F)cc2F)cc1. The third-order valence-corrected chi connectivity index (χ3v) is 3.04. The van der Waals surface area contributed by atoms with Crippen molar-refractivity contribution in [2.45, 2.75) is 5.92 Å². The Morgan fingerprint density at radius 3 is 2.38 bits per heavy atom. The number of Topliss-reactive ketones (excluding diaryl/α,β-unsaturated/α-hetero) is 1. The molecule has 0 N–H and O–H groups in total. The normalized spacial score (nSPS) is 11.5. The molecule has 0 radical (unpaired) electrons. The van der Waals surface area contributed by atoms with E-state index < -0.39 is 23.3 Å². The van der Waals surface area contributed by atoms with Crippen LogP contribution in [0.4, 0.5) is 8.78 Å². The molecule has 1 unspecified atom stereocenters. The van der Waals surface area contributed by atoms with Crippen LogP contribution in [0.25, 0.3) is 0 Å². The highest BCUT2D eigenvalue weighted by Gasteiger charge is 2.24. The largest absolute Gasteiger partial charge is 0.497 e. The van der Waals surface area contributed by atoms with Gasteiger partial charge in [-0.2, -0.15) is 5.26 Å². The van der Waals surface area contributed by atoms with Crippen LogP contribution in [0.1, 0.15) is 21.8 Å². The lowest BCUT2D eigenvalue weighted by molar-refractivity contribution is 0.0975. The first kappa shape index (κ1) is 14.7. The highest BCUT2D eigenvalue weighted by Crippen LogP contribution is 2.24. The molecule has 0 amide bonds. The van der Waals surface area contributed by atoms with Crippen LogP contribution in [0.2, 0.25) is 0 Å². The molecule has 3 nitrogen and oxygen atoms in total. The summed E-state index contributed by atoms with van der Waals surface area (Å²) in [6.45, 7) is 0. The fourth-order valence-electron chi connectivity index (χ4n) is 1.93. The van der Waals surface area contributed by atoms with Crippen LogP contribution in [0, 0.1) is 23.0 Å². The molecule has 1 atom stereocenters. The van der Waals surface area contributed by atoms with Crippen LogP contribution >= 0.6 is 0 Å². The lowest BCUT2D eigenvalue weighted by Gasteiger charge is -2.10. The van der Waals surface area contributed by atoms with Gasteiger partial charge in [-0.3, -0.25) is 4.79 Å². The second-order valence-electron chi connectivity index (χ2n) is 4.32. The number of nitrogens with zero attached hydrogens (tertiary/aromatic N) is 1. The van der Waals surface area contributed by atoms with E-state index in [2.05, 4.69) is 0 Å². The Morgan fingerprint density at radius 2 is 1.86 bits per heavy atom. The zero-order valence-corrected chi connectivity index (χ0v) is 11.1. The number of halogens is 2. The van der Waals surface area contributed by atoms with Gasteiger partial charge in [-0.15, -0.1) is 0 Å². The van der Waals surface area contributed by atoms with Crippen molar-refractivity contribution in [3.63, 3.8) is 0 Å². The highest BCUT2D eigenvalue weighted by molar-refractivity contribution is 6.02. The molecule has 0 aliphatic heterocycles. The summed E-state index contributed by atoms with van der Waals surface area (Å²) in [5, 5.41) is 9.18. The molecule has 106 valence electrons. The number of hydrogen-bond acceptors (Lipinski definition) is 3. The summed E-state index contributed by atoms with van der Waals surface area (Å²) in [5.74, 6) is -3.04. The van der Waals surface area contributed by atoms with Gasteiger partial charge in [0.25, 0.3) is 0 Å². The van der Waals surface area contributed by atoms with E-state index in [1.165, 1.54) is 7.11 Å². The monoisotopic (exact) mass is 287 g/mol. The van der Waals surface area contributed by atoms with Gasteiger partial charge in [0.2, 0.25) is 0 Å². The first-order valence-corrected chi connectivity index (χ1v) is 6.09. The van der Waals surface area contributed by atoms with E-state index in [4.69, 9.17) is 4.74 Å². The van der Waals surface area contributed by atoms with Crippen molar-refractivity contribution in [2.75, 3.05) is 7.11 Å². The molecular formula is C16H11F2NO2. The van der Waals surface area contributed by atoms with Crippen molar-refractivity contribution in [3.05, 3.63) is 65.2 Å². The summed E-state index contributed by atoms with van der Waals surface area (Å²) < 4.78 is 31.5. The fraction of sp³-hybridized carbons (Fsp3) is 0.125. The average molecular weight is 287 g/mol. The molecule has 0 heterocycles. The minimum absolute atomic E-state index is 0.307. The summed E-state index contributed by atoms with van der Waals surface area (Å²) in [6.07, 6.45) is 0. The van der Waals surface area contributed by atoms with Gasteiger partial charge < -0.3 is 4.74 Å². The van der Waals surface area contributed by atoms with Gasteiger partial charge in [-0.25, -0.2) is 8.78 Å². The summed E-state index contributed by atoms with van der Waals surface area (Å²) >= 11 is 0. The van der Waals surface area contributed by atoms with Gasteiger partial charge in [0, 0.05) is 6.07 Å². The maximum Gasteiger partial charge on any atom is 0.187 e. The van der Waals surface area contributed by atoms with Gasteiger partial charge in [-0.05, 0) is 29.8 Å². The van der Waals surface area contributed by atoms with Gasteiger partial charge >= 0.3 is 0 Å². The Morgan fingerprint density at radius 1 is 1.19 bits per heavy atom. The van der Waals surface area contributed by atoms with Crippen LogP contribution < -0.4 is 4.74 Å². The quantitative estimate of drug-likeness (QED) is 0.809. The average Bonchev–Trinajstić information content (AvgIpc) is 2.48. The molecule has 2 aromatic rings. The van der Waals surface area contributed by atoms with E-state index in [1.54, 1.807) is 24.3 Å². The molecule has 5 heteroatoms. The minimum atomic E-state index is -1.16. The number of ether oxygens (including phenoxy) is 1. The number of rotatable bonds is 4. The third-order valence-electron chi connectivity index (χ3n) is 3.04. The van der Waals surface area contributed by atoms with Crippen molar-refractivity contribution in [2.24, 2.45) is 0 Å². The molecule has 2 aromatic carbocycles. The topological polar surface area (TPSA) is 50.1 Å². The Bertz CT molecular complexity index is 705. The van der Waals surface area contributed by atoms with E-state index in [0.717, 1.165) is 12.1 Å². The van der Waals surface area contributed by atoms with Crippen LogP contribution in [0.5, 0.6) is 5.75 Å². The number of carbonyl (C=O) groups excluding carboxylic acids is 1. The van der Waals surface area contributed by atoms with Crippen LogP contribution in [0.3, 0.4) is 0 Å². The Labute approximate surface area is 120 Å². The minimum Gasteiger partial charge on any atom is -0.497 e. The maximum absolute atomic E-state index is 13.6. The number of hydrogen-bond donors (Lipinski definition) is 0. The first-order chi connectivity index (χ1) is 10.1. The highest BCUT2D eigenvalue weighted by atomic mass is 19.1. The van der Waals surface area contributed by atoms with Crippen molar-refractivity contribution in [3.8, 4) is 11.8 Å². The zero-order valence-electron chi connectivity index (χ0n) is 11.1. The molecule has 21 heavy (non-hydrogen) atoms. The Hall–Kier alpha value is -2.74. The van der Waals surface area contributed by atoms with Crippen LogP contribution in [0.15, 0.2) is 42.5 Å². The number of ketones is 1. The van der Waals surface area contributed by atoms with E-state index in [9.17, 15) is 18.8 Å². The predicted octanol–water partition coefficient (Wildman–Crippen LogP) is 3.46. The Balaban J connectivity index is 2.36. The number of methoxy groups -OCH3 is 1. The van der Waals surface area contributed by atoms with Crippen LogP contribution in [-0.4, -0.2) is 12.9 Å². The molecule has 0 spiro atoms. The van der Waals surface area contributed by atoms with Gasteiger partial charge in [-0.1, -0.05) is 12.1 Å². The molecule has 0 aliphatic carbocycles. The zero-order chi connectivity index (χ0) is 15.4. The lowest BCUT2D eigenvalue weighted by Crippen LogP contribution is -2.13. The molecule has 0 saturated heterocycles. The van der Waals surface area contributed by atoms with Crippen LogP contribution in [-0.2, 0) is 0 Å². The van der Waals surface area contributed by atoms with Crippen molar-refractivity contribution in [1.29, 1.82) is 5.26 Å². The molecular weight excluding hydrogens is 276 g/mol. The number of carbonyl (C=O) groups is 1. The number of benzene rings is 2. The first-order valence-electron chi connectivity index (χ1n) is 6.09. The predicted molar refractivity (Wildman–Crippen MR) is 72.0 cm³/mol. The molecule has 0 aliphatic rings. The number of nitriles is 1. The molecule has 0 aromatic heterocycles.